The minimum atomic E-state index is -0.153. The Balaban J connectivity index is 3.35. The van der Waals surface area contributed by atoms with Gasteiger partial charge >= 0.3 is 6.03 Å². The third-order valence-electron chi connectivity index (χ3n) is 0.487. The van der Waals surface area contributed by atoms with Crippen LogP contribution >= 0.6 is 16.1 Å². The van der Waals surface area contributed by atoms with E-state index < -0.39 is 0 Å². The lowest BCUT2D eigenvalue weighted by Crippen LogP contribution is -2.27. The normalized spacial score (nSPS) is 7.86. The molecule has 0 aromatic heterocycles. The average Bonchev–Trinajstić information content (AvgIpc) is 1.65. The molecule has 0 rings (SSSR count). The third kappa shape index (κ3) is 2.45. The number of halogens is 1. The predicted molar refractivity (Wildman–Crippen MR) is 31.1 cm³/mol. The molecule has 0 saturated carbocycles. The summed E-state index contributed by atoms with van der Waals surface area (Å²) < 4.78 is 2.26. The zero-order valence-electron chi connectivity index (χ0n) is 4.23. The van der Waals surface area contributed by atoms with Crippen molar-refractivity contribution in [3.05, 3.63) is 0 Å². The molecule has 0 aromatic rings. The average molecular weight is 167 g/mol. The summed E-state index contributed by atoms with van der Waals surface area (Å²) >= 11 is 2.77. The highest BCUT2D eigenvalue weighted by molar-refractivity contribution is 9.08. The molecule has 1 N–H and O–H groups in total. The Morgan fingerprint density at radius 1 is 1.71 bits per heavy atom. The molecule has 0 saturated heterocycles. The molecule has 0 atom stereocenters. The van der Waals surface area contributed by atoms with Crippen molar-refractivity contribution in [2.75, 3.05) is 14.1 Å². The van der Waals surface area contributed by atoms with Gasteiger partial charge < -0.3 is 4.90 Å². The topological polar surface area (TPSA) is 32.3 Å². The maximum absolute atomic E-state index is 10.3. The van der Waals surface area contributed by atoms with Crippen LogP contribution in [0.5, 0.6) is 0 Å². The summed E-state index contributed by atoms with van der Waals surface area (Å²) in [6.07, 6.45) is 0. The molecule has 0 fully saturated rings. The highest BCUT2D eigenvalue weighted by Gasteiger charge is 1.95. The number of carbonyl (C=O) groups is 1. The summed E-state index contributed by atoms with van der Waals surface area (Å²) in [6, 6.07) is -0.153. The zero-order valence-corrected chi connectivity index (χ0v) is 5.82. The minimum Gasteiger partial charge on any atom is -0.330 e. The van der Waals surface area contributed by atoms with Crippen LogP contribution in [0.2, 0.25) is 0 Å². The van der Waals surface area contributed by atoms with E-state index in [1.54, 1.807) is 14.1 Å². The number of amides is 2. The van der Waals surface area contributed by atoms with Gasteiger partial charge in [-0.05, 0) is 0 Å². The van der Waals surface area contributed by atoms with Crippen LogP contribution in [0.15, 0.2) is 0 Å². The molecular formula is C3H7BrN2O. The molecule has 0 heterocycles. The highest BCUT2D eigenvalue weighted by atomic mass is 79.9. The smallest absolute Gasteiger partial charge is 0.326 e. The fourth-order valence-electron chi connectivity index (χ4n) is 0.0845. The van der Waals surface area contributed by atoms with Gasteiger partial charge in [-0.25, -0.2) is 4.79 Å². The lowest BCUT2D eigenvalue weighted by atomic mass is 10.9. The molecule has 2 amide bonds. The Kier molecular flexibility index (Phi) is 2.75. The molecule has 0 spiro atoms. The maximum Gasteiger partial charge on any atom is 0.326 e. The lowest BCUT2D eigenvalue weighted by molar-refractivity contribution is 0.224. The third-order valence-corrected chi connectivity index (χ3v) is 0.826. The Bertz CT molecular complexity index is 73.3. The van der Waals surface area contributed by atoms with Crippen molar-refractivity contribution < 1.29 is 4.79 Å². The molecule has 0 aliphatic heterocycles. The van der Waals surface area contributed by atoms with Crippen molar-refractivity contribution in [1.29, 1.82) is 0 Å². The quantitative estimate of drug-likeness (QED) is 0.525. The van der Waals surface area contributed by atoms with Gasteiger partial charge in [-0.1, -0.05) is 0 Å². The summed E-state index contributed by atoms with van der Waals surface area (Å²) in [7, 11) is 3.33. The van der Waals surface area contributed by atoms with E-state index in [0.717, 1.165) is 0 Å². The highest BCUT2D eigenvalue weighted by Crippen LogP contribution is 1.77. The van der Waals surface area contributed by atoms with Crippen molar-refractivity contribution in [2.24, 2.45) is 0 Å². The van der Waals surface area contributed by atoms with Gasteiger partial charge in [0.2, 0.25) is 0 Å². The number of nitrogens with one attached hydrogen (secondary N) is 1. The monoisotopic (exact) mass is 166 g/mol. The maximum atomic E-state index is 10.3. The predicted octanol–water partition coefficient (Wildman–Crippen LogP) is 0.568. The molecule has 0 radical (unpaired) electrons. The van der Waals surface area contributed by atoms with E-state index >= 15 is 0 Å². The van der Waals surface area contributed by atoms with Crippen LogP contribution in [-0.4, -0.2) is 25.0 Å². The molecule has 42 valence electrons. The summed E-state index contributed by atoms with van der Waals surface area (Å²) in [5.41, 5.74) is 0. The van der Waals surface area contributed by atoms with E-state index in [1.165, 1.54) is 4.90 Å². The van der Waals surface area contributed by atoms with Gasteiger partial charge in [0, 0.05) is 14.1 Å². The Morgan fingerprint density at radius 2 is 2.14 bits per heavy atom. The molecule has 0 aliphatic carbocycles. The van der Waals surface area contributed by atoms with Gasteiger partial charge in [-0.15, -0.1) is 0 Å². The van der Waals surface area contributed by atoms with Crippen molar-refractivity contribution in [3.63, 3.8) is 0 Å². The molecule has 0 aromatic carbocycles. The van der Waals surface area contributed by atoms with Crippen LogP contribution in [0, 0.1) is 0 Å². The molecule has 0 aliphatic rings. The summed E-state index contributed by atoms with van der Waals surface area (Å²) in [4.78, 5) is 11.7. The number of carbonyl (C=O) groups excluding carboxylic acids is 1. The first-order chi connectivity index (χ1) is 3.18. The molecule has 0 unspecified atom stereocenters. The van der Waals surface area contributed by atoms with E-state index in [1.807, 2.05) is 0 Å². The van der Waals surface area contributed by atoms with Crippen LogP contribution in [0.25, 0.3) is 0 Å². The van der Waals surface area contributed by atoms with E-state index in [-0.39, 0.29) is 6.03 Å². The van der Waals surface area contributed by atoms with Crippen LogP contribution in [0.4, 0.5) is 4.79 Å². The largest absolute Gasteiger partial charge is 0.330 e. The second kappa shape index (κ2) is 2.85. The fraction of sp³-hybridized carbons (Fsp3) is 0.667. The van der Waals surface area contributed by atoms with Gasteiger partial charge in [-0.2, -0.15) is 0 Å². The molecule has 0 bridgehead atoms. The van der Waals surface area contributed by atoms with E-state index in [4.69, 9.17) is 0 Å². The molecule has 4 heteroatoms. The van der Waals surface area contributed by atoms with E-state index in [9.17, 15) is 4.79 Å². The van der Waals surface area contributed by atoms with Gasteiger partial charge in [0.05, 0.1) is 16.1 Å². The molecule has 3 nitrogen and oxygen atoms in total. The first kappa shape index (κ1) is 6.75. The second-order valence-corrected chi connectivity index (χ2v) is 1.69. The van der Waals surface area contributed by atoms with Crippen LogP contribution < -0.4 is 4.34 Å². The van der Waals surface area contributed by atoms with Crippen LogP contribution in [0.3, 0.4) is 0 Å². The fourth-order valence-corrected chi connectivity index (χ4v) is 0.439. The van der Waals surface area contributed by atoms with Gasteiger partial charge in [0.25, 0.3) is 0 Å². The van der Waals surface area contributed by atoms with E-state index in [0.29, 0.717) is 0 Å². The number of urea groups is 1. The summed E-state index contributed by atoms with van der Waals surface area (Å²) in [5, 5.41) is 0. The Labute approximate surface area is 51.0 Å². The van der Waals surface area contributed by atoms with Crippen molar-refractivity contribution >= 4 is 22.2 Å². The number of nitrogens with zero attached hydrogens (tertiary/aromatic N) is 1. The van der Waals surface area contributed by atoms with Gasteiger partial charge in [0.15, 0.2) is 0 Å². The number of hydrogen-bond acceptors (Lipinski definition) is 1. The summed E-state index contributed by atoms with van der Waals surface area (Å²) in [5.74, 6) is 0. The number of rotatable bonds is 0. The zero-order chi connectivity index (χ0) is 5.86. The van der Waals surface area contributed by atoms with Crippen LogP contribution in [0.1, 0.15) is 0 Å². The van der Waals surface area contributed by atoms with Crippen LogP contribution in [-0.2, 0) is 0 Å². The van der Waals surface area contributed by atoms with Gasteiger partial charge in [0.1, 0.15) is 0 Å². The van der Waals surface area contributed by atoms with Crippen molar-refractivity contribution in [2.45, 2.75) is 0 Å². The first-order valence-electron chi connectivity index (χ1n) is 1.76. The van der Waals surface area contributed by atoms with Crippen molar-refractivity contribution in [1.82, 2.24) is 9.24 Å². The standard InChI is InChI=1S/C3H7BrN2O/c1-6(2)3(7)5-4/h1-2H3,(H,5,7). The van der Waals surface area contributed by atoms with Crippen molar-refractivity contribution in [3.8, 4) is 0 Å². The van der Waals surface area contributed by atoms with Gasteiger partial charge in [-0.3, -0.25) is 4.34 Å². The number of hydrogen-bond donors (Lipinski definition) is 1. The first-order valence-corrected chi connectivity index (χ1v) is 2.55. The SMILES string of the molecule is CN(C)C(=O)NBr. The Morgan fingerprint density at radius 3 is 2.14 bits per heavy atom. The molecular weight excluding hydrogens is 160 g/mol. The minimum absolute atomic E-state index is 0.153. The summed E-state index contributed by atoms with van der Waals surface area (Å²) in [6.45, 7) is 0. The molecule has 7 heavy (non-hydrogen) atoms. The second-order valence-electron chi connectivity index (χ2n) is 1.29. The van der Waals surface area contributed by atoms with E-state index in [2.05, 4.69) is 20.5 Å². The lowest BCUT2D eigenvalue weighted by Gasteiger charge is -2.05. The Hall–Kier alpha value is -0.250.